The number of rotatable bonds is 1. The Kier molecular flexibility index (Phi) is 2.02. The van der Waals surface area contributed by atoms with Gasteiger partial charge in [0.2, 0.25) is 0 Å². The molecule has 0 saturated carbocycles. The fourth-order valence-electron chi connectivity index (χ4n) is 1.20. The minimum Gasteiger partial charge on any atom is -0.477 e. The van der Waals surface area contributed by atoms with Gasteiger partial charge >= 0.3 is 5.97 Å². The zero-order chi connectivity index (χ0) is 9.97. The summed E-state index contributed by atoms with van der Waals surface area (Å²) >= 11 is 0. The summed E-state index contributed by atoms with van der Waals surface area (Å²) in [6.45, 7) is 0. The van der Waals surface area contributed by atoms with Crippen molar-refractivity contribution < 1.29 is 9.90 Å². The van der Waals surface area contributed by atoms with E-state index in [9.17, 15) is 4.79 Å². The lowest BCUT2D eigenvalue weighted by Gasteiger charge is -2.06. The van der Waals surface area contributed by atoms with E-state index in [4.69, 9.17) is 5.11 Å². The van der Waals surface area contributed by atoms with Crippen molar-refractivity contribution in [3.8, 4) is 0 Å². The van der Waals surface area contributed by atoms with Crippen LogP contribution >= 0.6 is 0 Å². The molecule has 2 N–H and O–H groups in total. The maximum atomic E-state index is 10.6. The van der Waals surface area contributed by atoms with Gasteiger partial charge in [-0.15, -0.1) is 0 Å². The predicted octanol–water partition coefficient (Wildman–Crippen LogP) is 0.966. The van der Waals surface area contributed by atoms with E-state index in [2.05, 4.69) is 10.3 Å². The van der Waals surface area contributed by atoms with Gasteiger partial charge in [0, 0.05) is 24.2 Å². The number of nitrogens with zero attached hydrogens (tertiary/aromatic N) is 1. The normalized spacial score (nSPS) is 18.4. The first-order valence-electron chi connectivity index (χ1n) is 4.10. The first-order chi connectivity index (χ1) is 6.77. The minimum absolute atomic E-state index is 0.0428. The van der Waals surface area contributed by atoms with Gasteiger partial charge in [-0.1, -0.05) is 6.08 Å². The van der Waals surface area contributed by atoms with E-state index < -0.39 is 5.97 Å². The molecule has 0 spiro atoms. The molecule has 0 atom stereocenters. The third-order valence-electron chi connectivity index (χ3n) is 1.91. The number of nitrogens with one attached hydrogen (secondary N) is 1. The van der Waals surface area contributed by atoms with Gasteiger partial charge < -0.3 is 10.4 Å². The third-order valence-corrected chi connectivity index (χ3v) is 1.91. The largest absolute Gasteiger partial charge is 0.477 e. The van der Waals surface area contributed by atoms with Crippen molar-refractivity contribution in [2.45, 2.75) is 0 Å². The Hall–Kier alpha value is -2.10. The van der Waals surface area contributed by atoms with Gasteiger partial charge in [-0.25, -0.2) is 9.79 Å². The van der Waals surface area contributed by atoms with Gasteiger partial charge in [-0.2, -0.15) is 0 Å². The van der Waals surface area contributed by atoms with Crippen molar-refractivity contribution >= 4 is 12.2 Å². The van der Waals surface area contributed by atoms with Crippen molar-refractivity contribution in [3.63, 3.8) is 0 Å². The number of hydrogen-bond acceptors (Lipinski definition) is 3. The average molecular weight is 188 g/mol. The number of aliphatic imine (C=N–C) groups is 1. The quantitative estimate of drug-likeness (QED) is 0.644. The Balaban J connectivity index is 2.41. The molecule has 2 aliphatic rings. The molecular formula is C10H8N2O2. The molecule has 0 fully saturated rings. The van der Waals surface area contributed by atoms with Gasteiger partial charge in [-0.05, 0) is 17.7 Å². The lowest BCUT2D eigenvalue weighted by molar-refractivity contribution is -0.132. The number of hydrogen-bond donors (Lipinski definition) is 2. The van der Waals surface area contributed by atoms with Crippen molar-refractivity contribution in [1.82, 2.24) is 5.32 Å². The van der Waals surface area contributed by atoms with Crippen LogP contribution < -0.4 is 5.32 Å². The standard InChI is InChI=1S/C10H8N2O2/c13-10(14)9-2-1-7-3-4-11-5-8(7)6-12-9/h1-6,11H,(H,13,14). The summed E-state index contributed by atoms with van der Waals surface area (Å²) < 4.78 is 0. The Morgan fingerprint density at radius 1 is 1.36 bits per heavy atom. The molecule has 4 heteroatoms. The SMILES string of the molecule is O=C(O)C1=CC=C2C=CNC=C2C=N1. The second kappa shape index (κ2) is 3.33. The first kappa shape index (κ1) is 8.50. The fourth-order valence-corrected chi connectivity index (χ4v) is 1.20. The molecule has 4 nitrogen and oxygen atoms in total. The summed E-state index contributed by atoms with van der Waals surface area (Å²) in [5.74, 6) is -1.02. The van der Waals surface area contributed by atoms with Gasteiger partial charge in [0.25, 0.3) is 0 Å². The highest BCUT2D eigenvalue weighted by Gasteiger charge is 2.09. The van der Waals surface area contributed by atoms with E-state index in [1.807, 2.05) is 6.08 Å². The molecule has 0 unspecified atom stereocenters. The third kappa shape index (κ3) is 1.50. The van der Waals surface area contributed by atoms with Crippen LogP contribution in [0.5, 0.6) is 0 Å². The van der Waals surface area contributed by atoms with E-state index in [0.29, 0.717) is 0 Å². The number of fused-ring (bicyclic) bond motifs is 1. The van der Waals surface area contributed by atoms with Crippen molar-refractivity contribution in [1.29, 1.82) is 0 Å². The average Bonchev–Trinajstić information content (AvgIpc) is 2.39. The highest BCUT2D eigenvalue weighted by Crippen LogP contribution is 2.16. The van der Waals surface area contributed by atoms with Crippen LogP contribution in [0.4, 0.5) is 0 Å². The summed E-state index contributed by atoms with van der Waals surface area (Å²) in [5.41, 5.74) is 1.87. The minimum atomic E-state index is -1.02. The fraction of sp³-hybridized carbons (Fsp3) is 0. The monoisotopic (exact) mass is 188 g/mol. The zero-order valence-corrected chi connectivity index (χ0v) is 7.27. The molecule has 2 aliphatic heterocycles. The van der Waals surface area contributed by atoms with E-state index in [1.165, 1.54) is 12.3 Å². The molecule has 2 rings (SSSR count). The van der Waals surface area contributed by atoms with Crippen molar-refractivity contribution in [3.05, 3.63) is 47.5 Å². The lowest BCUT2D eigenvalue weighted by atomic mass is 10.1. The molecule has 0 aromatic carbocycles. The van der Waals surface area contributed by atoms with Crippen molar-refractivity contribution in [2.75, 3.05) is 0 Å². The highest BCUT2D eigenvalue weighted by molar-refractivity contribution is 5.95. The van der Waals surface area contributed by atoms with Crippen LogP contribution in [0.25, 0.3) is 0 Å². The number of dihydropyridines is 1. The van der Waals surface area contributed by atoms with Crippen LogP contribution in [0, 0.1) is 0 Å². The van der Waals surface area contributed by atoms with Crippen molar-refractivity contribution in [2.24, 2.45) is 4.99 Å². The van der Waals surface area contributed by atoms with Gasteiger partial charge in [-0.3, -0.25) is 0 Å². The second-order valence-corrected chi connectivity index (χ2v) is 2.84. The zero-order valence-electron chi connectivity index (χ0n) is 7.27. The molecule has 0 aromatic heterocycles. The number of carboxylic acids is 1. The molecule has 14 heavy (non-hydrogen) atoms. The Labute approximate surface area is 80.7 Å². The van der Waals surface area contributed by atoms with E-state index in [1.54, 1.807) is 18.5 Å². The molecule has 70 valence electrons. The maximum Gasteiger partial charge on any atom is 0.354 e. The lowest BCUT2D eigenvalue weighted by Crippen LogP contribution is -2.04. The highest BCUT2D eigenvalue weighted by atomic mass is 16.4. The molecule has 2 heterocycles. The first-order valence-corrected chi connectivity index (χ1v) is 4.10. The van der Waals surface area contributed by atoms with E-state index in [-0.39, 0.29) is 5.70 Å². The summed E-state index contributed by atoms with van der Waals surface area (Å²) in [7, 11) is 0. The molecule has 0 aromatic rings. The van der Waals surface area contributed by atoms with E-state index >= 15 is 0 Å². The second-order valence-electron chi connectivity index (χ2n) is 2.84. The van der Waals surface area contributed by atoms with Crippen LogP contribution in [0.1, 0.15) is 0 Å². The number of allylic oxidation sites excluding steroid dienone is 5. The predicted molar refractivity (Wildman–Crippen MR) is 52.7 cm³/mol. The maximum absolute atomic E-state index is 10.6. The summed E-state index contributed by atoms with van der Waals surface area (Å²) in [6.07, 6.45) is 10.2. The summed E-state index contributed by atoms with van der Waals surface area (Å²) in [4.78, 5) is 14.5. The molecular weight excluding hydrogens is 180 g/mol. The summed E-state index contributed by atoms with van der Waals surface area (Å²) in [6, 6.07) is 0. The Bertz CT molecular complexity index is 425. The summed E-state index contributed by atoms with van der Waals surface area (Å²) in [5, 5.41) is 11.6. The molecule has 0 bridgehead atoms. The number of aliphatic carboxylic acids is 1. The van der Waals surface area contributed by atoms with Crippen LogP contribution in [-0.4, -0.2) is 17.3 Å². The van der Waals surface area contributed by atoms with Crippen LogP contribution in [0.2, 0.25) is 0 Å². The molecule has 0 saturated heterocycles. The smallest absolute Gasteiger partial charge is 0.354 e. The Morgan fingerprint density at radius 3 is 3.00 bits per heavy atom. The topological polar surface area (TPSA) is 61.7 Å². The Morgan fingerprint density at radius 2 is 2.21 bits per heavy atom. The number of carbonyl (C=O) groups is 1. The van der Waals surface area contributed by atoms with E-state index in [0.717, 1.165) is 11.1 Å². The number of carboxylic acid groups (broad SMARTS) is 1. The van der Waals surface area contributed by atoms with Crippen LogP contribution in [-0.2, 0) is 4.79 Å². The van der Waals surface area contributed by atoms with Gasteiger partial charge in [0.05, 0.1) is 0 Å². The van der Waals surface area contributed by atoms with Gasteiger partial charge in [0.1, 0.15) is 5.70 Å². The van der Waals surface area contributed by atoms with Crippen LogP contribution in [0.3, 0.4) is 0 Å². The molecule has 0 amide bonds. The molecule has 0 radical (unpaired) electrons. The molecule has 0 aliphatic carbocycles. The van der Waals surface area contributed by atoms with Gasteiger partial charge in [0.15, 0.2) is 0 Å². The van der Waals surface area contributed by atoms with Crippen LogP contribution in [0.15, 0.2) is 52.5 Å².